The number of nitrogens with zero attached hydrogens (tertiary/aromatic N) is 4. The number of rotatable bonds is 9. The summed E-state index contributed by atoms with van der Waals surface area (Å²) in [6, 6.07) is 20.3. The van der Waals surface area contributed by atoms with Crippen LogP contribution < -0.4 is 15.0 Å². The van der Waals surface area contributed by atoms with E-state index < -0.39 is 5.97 Å². The zero-order valence-electron chi connectivity index (χ0n) is 27.4. The Balaban J connectivity index is 1.03. The van der Waals surface area contributed by atoms with Gasteiger partial charge in [0, 0.05) is 48.1 Å². The molecule has 5 aromatic rings. The van der Waals surface area contributed by atoms with Crippen LogP contribution >= 0.6 is 0 Å². The highest BCUT2D eigenvalue weighted by Gasteiger charge is 2.22. The third-order valence-electron chi connectivity index (χ3n) is 8.45. The summed E-state index contributed by atoms with van der Waals surface area (Å²) in [6.45, 7) is 15.8. The molecule has 0 spiro atoms. The molecule has 0 aliphatic carbocycles. The van der Waals surface area contributed by atoms with Crippen molar-refractivity contribution >= 4 is 34.5 Å². The van der Waals surface area contributed by atoms with Gasteiger partial charge in [0.2, 0.25) is 5.89 Å². The number of fused-ring (bicyclic) bond motifs is 1. The van der Waals surface area contributed by atoms with Crippen LogP contribution in [0.25, 0.3) is 38.5 Å². The van der Waals surface area contributed by atoms with Crippen LogP contribution in [-0.4, -0.2) is 54.7 Å². The number of ether oxygens (including phenoxy) is 2. The molecule has 0 unspecified atom stereocenters. The normalized spacial score (nSPS) is 13.4. The van der Waals surface area contributed by atoms with Gasteiger partial charge in [0.1, 0.15) is 17.1 Å². The molecule has 3 heterocycles. The van der Waals surface area contributed by atoms with Gasteiger partial charge in [-0.2, -0.15) is 0 Å². The highest BCUT2D eigenvalue weighted by atomic mass is 16.5. The van der Waals surface area contributed by atoms with Gasteiger partial charge in [0.05, 0.1) is 25.3 Å². The van der Waals surface area contributed by atoms with Crippen molar-refractivity contribution in [3.63, 3.8) is 0 Å². The Bertz CT molecular complexity index is 1990. The zero-order chi connectivity index (χ0) is 33.8. The van der Waals surface area contributed by atoms with Gasteiger partial charge in [-0.3, -0.25) is 4.79 Å². The first-order valence-corrected chi connectivity index (χ1v) is 16.0. The predicted octanol–water partition coefficient (Wildman–Crippen LogP) is 7.64. The number of nitrogens with one attached hydrogen (secondary N) is 1. The van der Waals surface area contributed by atoms with Crippen LogP contribution in [0.5, 0.6) is 5.75 Å². The highest BCUT2D eigenvalue weighted by molar-refractivity contribution is 6.03. The molecule has 6 rings (SSSR count). The molecule has 2 aromatic heterocycles. The van der Waals surface area contributed by atoms with Crippen LogP contribution in [0.4, 0.5) is 11.5 Å². The van der Waals surface area contributed by atoms with E-state index in [9.17, 15) is 9.59 Å². The Morgan fingerprint density at radius 3 is 2.46 bits per heavy atom. The molecule has 1 fully saturated rings. The standard InChI is InChI=1S/C38H37N5O5/c1-23(2)47-33-12-6-24(3)18-30(33)28-11-13-34(40-22-28)43-16-14-25(15-17-43)21-41-36(44)26-7-9-27(10-8-26)37-42-32-20-29(39-4)19-31(35(32)48-37)38(45)46-5/h6-13,18-20,22-23,25H,14-17,21H2,1-3,5H3,(H,41,44). The quantitative estimate of drug-likeness (QED) is 0.129. The van der Waals surface area contributed by atoms with E-state index in [0.29, 0.717) is 29.1 Å². The van der Waals surface area contributed by atoms with Crippen molar-refractivity contribution in [3.05, 3.63) is 101 Å². The Kier molecular flexibility index (Phi) is 9.39. The van der Waals surface area contributed by atoms with E-state index >= 15 is 0 Å². The summed E-state index contributed by atoms with van der Waals surface area (Å²) in [4.78, 5) is 40.2. The van der Waals surface area contributed by atoms with Gasteiger partial charge >= 0.3 is 5.97 Å². The smallest absolute Gasteiger partial charge is 0.340 e. The number of aromatic nitrogens is 2. The van der Waals surface area contributed by atoms with Crippen LogP contribution in [0.15, 0.2) is 77.3 Å². The first-order chi connectivity index (χ1) is 23.2. The molecule has 10 nitrogen and oxygen atoms in total. The summed E-state index contributed by atoms with van der Waals surface area (Å²) >= 11 is 0. The Morgan fingerprint density at radius 2 is 1.79 bits per heavy atom. The number of carbonyl (C=O) groups excluding carboxylic acids is 2. The Labute approximate surface area is 279 Å². The number of hydrogen-bond acceptors (Lipinski definition) is 8. The lowest BCUT2D eigenvalue weighted by atomic mass is 9.96. The van der Waals surface area contributed by atoms with E-state index in [0.717, 1.165) is 48.6 Å². The lowest BCUT2D eigenvalue weighted by Gasteiger charge is -2.33. The van der Waals surface area contributed by atoms with Gasteiger partial charge < -0.3 is 24.1 Å². The van der Waals surface area contributed by atoms with E-state index in [2.05, 4.69) is 51.2 Å². The predicted molar refractivity (Wildman–Crippen MR) is 184 cm³/mol. The minimum atomic E-state index is -0.610. The van der Waals surface area contributed by atoms with Crippen molar-refractivity contribution < 1.29 is 23.5 Å². The number of oxazole rings is 1. The maximum atomic E-state index is 13.0. The second-order valence-corrected chi connectivity index (χ2v) is 12.3. The lowest BCUT2D eigenvalue weighted by Crippen LogP contribution is -2.39. The number of esters is 1. The number of amides is 1. The summed E-state index contributed by atoms with van der Waals surface area (Å²) in [5.74, 6) is 1.70. The fourth-order valence-electron chi connectivity index (χ4n) is 5.90. The van der Waals surface area contributed by atoms with Crippen molar-refractivity contribution in [2.45, 2.75) is 39.7 Å². The molecular weight excluding hydrogens is 606 g/mol. The van der Waals surface area contributed by atoms with Crippen LogP contribution in [-0.2, 0) is 4.74 Å². The molecule has 1 amide bonds. The minimum absolute atomic E-state index is 0.0869. The lowest BCUT2D eigenvalue weighted by molar-refractivity contribution is 0.0601. The Morgan fingerprint density at radius 1 is 1.04 bits per heavy atom. The second-order valence-electron chi connectivity index (χ2n) is 12.3. The third kappa shape index (κ3) is 7.00. The summed E-state index contributed by atoms with van der Waals surface area (Å²) in [6.07, 6.45) is 3.91. The number of carbonyl (C=O) groups is 2. The molecular formula is C38H37N5O5. The molecule has 10 heteroatoms. The summed E-state index contributed by atoms with van der Waals surface area (Å²) in [7, 11) is 1.27. The van der Waals surface area contributed by atoms with Crippen LogP contribution in [0.3, 0.4) is 0 Å². The van der Waals surface area contributed by atoms with E-state index in [4.69, 9.17) is 25.4 Å². The molecule has 48 heavy (non-hydrogen) atoms. The summed E-state index contributed by atoms with van der Waals surface area (Å²) < 4.78 is 16.8. The van der Waals surface area contributed by atoms with Gasteiger partial charge in [-0.15, -0.1) is 0 Å². The van der Waals surface area contributed by atoms with Crippen molar-refractivity contribution in [1.82, 2.24) is 15.3 Å². The van der Waals surface area contributed by atoms with Crippen LogP contribution in [0.2, 0.25) is 0 Å². The topological polar surface area (TPSA) is 111 Å². The molecule has 3 aromatic carbocycles. The largest absolute Gasteiger partial charge is 0.490 e. The van der Waals surface area contributed by atoms with E-state index in [-0.39, 0.29) is 34.7 Å². The van der Waals surface area contributed by atoms with Gasteiger partial charge in [0.25, 0.3) is 5.91 Å². The molecule has 0 radical (unpaired) electrons. The Hall–Kier alpha value is -5.69. The average molecular weight is 644 g/mol. The van der Waals surface area contributed by atoms with E-state index in [1.54, 1.807) is 30.3 Å². The number of anilines is 1. The second kappa shape index (κ2) is 14.0. The fourth-order valence-corrected chi connectivity index (χ4v) is 5.90. The monoisotopic (exact) mass is 643 g/mol. The third-order valence-corrected chi connectivity index (χ3v) is 8.45. The highest BCUT2D eigenvalue weighted by Crippen LogP contribution is 2.33. The van der Waals surface area contributed by atoms with Crippen LogP contribution in [0, 0.1) is 19.4 Å². The van der Waals surface area contributed by atoms with Crippen molar-refractivity contribution in [1.29, 1.82) is 0 Å². The molecule has 0 atom stereocenters. The molecule has 1 aliphatic rings. The van der Waals surface area contributed by atoms with E-state index in [1.807, 2.05) is 26.1 Å². The molecule has 0 saturated carbocycles. The maximum absolute atomic E-state index is 13.0. The zero-order valence-corrected chi connectivity index (χ0v) is 27.4. The number of pyridine rings is 1. The molecule has 1 aliphatic heterocycles. The molecule has 0 bridgehead atoms. The molecule has 1 N–H and O–H groups in total. The first kappa shape index (κ1) is 32.3. The number of aryl methyl sites for hydroxylation is 1. The number of benzene rings is 3. The molecule has 1 saturated heterocycles. The number of piperidine rings is 1. The first-order valence-electron chi connectivity index (χ1n) is 16.0. The SMILES string of the molecule is [C-]#[N+]c1cc(C(=O)OC)c2oc(-c3ccc(C(=O)NCC4CCN(c5ccc(-c6cc(C)ccc6OC(C)C)cn5)CC4)cc3)nc2c1. The summed E-state index contributed by atoms with van der Waals surface area (Å²) in [5, 5.41) is 3.09. The van der Waals surface area contributed by atoms with E-state index in [1.165, 1.54) is 18.7 Å². The number of methoxy groups -OCH3 is 1. The average Bonchev–Trinajstić information content (AvgIpc) is 3.55. The summed E-state index contributed by atoms with van der Waals surface area (Å²) in [5.41, 5.74) is 5.44. The van der Waals surface area contributed by atoms with Gasteiger partial charge in [-0.05, 0) is 100 Å². The minimum Gasteiger partial charge on any atom is -0.490 e. The van der Waals surface area contributed by atoms with Gasteiger partial charge in [-0.1, -0.05) is 11.6 Å². The fraction of sp³-hybridized carbons (Fsp3) is 0.289. The number of hydrogen-bond donors (Lipinski definition) is 1. The van der Waals surface area contributed by atoms with Crippen molar-refractivity contribution in [2.24, 2.45) is 5.92 Å². The van der Waals surface area contributed by atoms with Crippen molar-refractivity contribution in [2.75, 3.05) is 31.6 Å². The van der Waals surface area contributed by atoms with Gasteiger partial charge in [0.15, 0.2) is 11.3 Å². The van der Waals surface area contributed by atoms with Crippen molar-refractivity contribution in [3.8, 4) is 28.3 Å². The maximum Gasteiger partial charge on any atom is 0.340 e. The van der Waals surface area contributed by atoms with Crippen LogP contribution in [0.1, 0.15) is 53.0 Å². The van der Waals surface area contributed by atoms with Gasteiger partial charge in [-0.25, -0.2) is 19.6 Å². The molecule has 244 valence electrons.